The van der Waals surface area contributed by atoms with Crippen LogP contribution in [0.25, 0.3) is 22.4 Å². The number of imidazole rings is 1. The number of hydrogen-bond donors (Lipinski definition) is 3. The second-order valence-corrected chi connectivity index (χ2v) is 11.6. The number of rotatable bonds is 8. The second-order valence-electron chi connectivity index (χ2n) is 10.8. The van der Waals surface area contributed by atoms with Gasteiger partial charge in [0.05, 0.1) is 40.4 Å². The highest BCUT2D eigenvalue weighted by Crippen LogP contribution is 2.37. The van der Waals surface area contributed by atoms with E-state index in [2.05, 4.69) is 20.6 Å². The van der Waals surface area contributed by atoms with E-state index in [1.54, 1.807) is 35.4 Å². The van der Waals surface area contributed by atoms with Gasteiger partial charge in [-0.3, -0.25) is 4.79 Å². The molecule has 0 radical (unpaired) electrons. The topological polar surface area (TPSA) is 99.3 Å². The summed E-state index contributed by atoms with van der Waals surface area (Å²) < 4.78 is 25.7. The molecule has 0 spiro atoms. The molecule has 44 heavy (non-hydrogen) atoms. The van der Waals surface area contributed by atoms with Crippen molar-refractivity contribution in [2.75, 3.05) is 10.6 Å². The molecule has 4 heterocycles. The van der Waals surface area contributed by atoms with E-state index in [1.165, 1.54) is 12.1 Å². The van der Waals surface area contributed by atoms with Crippen molar-refractivity contribution in [3.63, 3.8) is 0 Å². The molecule has 2 atom stereocenters. The first kappa shape index (κ1) is 28.1. The number of aromatic amines is 1. The summed E-state index contributed by atoms with van der Waals surface area (Å²) in [4.78, 5) is 23.5. The molecule has 6 aromatic rings. The lowest BCUT2D eigenvalue weighted by atomic mass is 9.96. The van der Waals surface area contributed by atoms with Gasteiger partial charge in [0.15, 0.2) is 0 Å². The molecule has 3 N–H and O–H groups in total. The lowest BCUT2D eigenvalue weighted by molar-refractivity contribution is -0.134. The number of amides is 1. The van der Waals surface area contributed by atoms with Crippen LogP contribution in [0.1, 0.15) is 29.9 Å². The van der Waals surface area contributed by atoms with Crippen LogP contribution in [0.3, 0.4) is 0 Å². The highest BCUT2D eigenvalue weighted by Gasteiger charge is 2.37. The lowest BCUT2D eigenvalue weighted by Crippen LogP contribution is -2.42. The first-order chi connectivity index (χ1) is 21.3. The minimum atomic E-state index is -0.550. The minimum absolute atomic E-state index is 0.135. The average molecular weight is 631 g/mol. The zero-order valence-electron chi connectivity index (χ0n) is 23.4. The summed E-state index contributed by atoms with van der Waals surface area (Å²) in [6.07, 6.45) is 1.58. The maximum Gasteiger partial charge on any atom is 0.246 e. The summed E-state index contributed by atoms with van der Waals surface area (Å²) in [5.74, 6) is 1.79. The van der Waals surface area contributed by atoms with Crippen molar-refractivity contribution in [3.8, 4) is 11.3 Å². The molecule has 3 aromatic carbocycles. The number of aromatic nitrogens is 2. The third-order valence-corrected chi connectivity index (χ3v) is 8.52. The van der Waals surface area contributed by atoms with Crippen LogP contribution in [0, 0.1) is 5.82 Å². The standard InChI is InChI=1S/C33H26Cl2FN5O3/c1-18-24-14-20(36)5-10-27(24)38-31(18)32(42)41(16-22-3-2-12-43-22)17-23-7-11-30(44-23)19-4-9-28-29(13-19)40-33(39-28)37-21-6-8-25(34)26(35)15-21/h2-15,18,31,38H,16-17H2,1H3,(H2,37,39,40). The van der Waals surface area contributed by atoms with E-state index in [9.17, 15) is 9.18 Å². The van der Waals surface area contributed by atoms with Gasteiger partial charge in [-0.05, 0) is 84.4 Å². The first-order valence-corrected chi connectivity index (χ1v) is 14.7. The number of nitrogens with one attached hydrogen (secondary N) is 3. The van der Waals surface area contributed by atoms with Crippen LogP contribution in [0.15, 0.2) is 94.0 Å². The van der Waals surface area contributed by atoms with Crippen LogP contribution in [0.5, 0.6) is 0 Å². The van der Waals surface area contributed by atoms with Gasteiger partial charge < -0.3 is 29.4 Å². The van der Waals surface area contributed by atoms with Crippen molar-refractivity contribution in [3.05, 3.63) is 118 Å². The smallest absolute Gasteiger partial charge is 0.246 e. The molecular formula is C33H26Cl2FN5O3. The number of carbonyl (C=O) groups excluding carboxylic acids is 1. The maximum atomic E-state index is 13.9. The van der Waals surface area contributed by atoms with E-state index in [0.29, 0.717) is 33.3 Å². The van der Waals surface area contributed by atoms with Gasteiger partial charge in [-0.2, -0.15) is 0 Å². The number of nitrogens with zero attached hydrogens (tertiary/aromatic N) is 2. The Morgan fingerprint density at radius 2 is 1.86 bits per heavy atom. The van der Waals surface area contributed by atoms with E-state index in [1.807, 2.05) is 49.4 Å². The number of anilines is 3. The lowest BCUT2D eigenvalue weighted by Gasteiger charge is -2.26. The quantitative estimate of drug-likeness (QED) is 0.156. The fourth-order valence-corrected chi connectivity index (χ4v) is 5.83. The highest BCUT2D eigenvalue weighted by molar-refractivity contribution is 6.42. The summed E-state index contributed by atoms with van der Waals surface area (Å²) in [5, 5.41) is 7.41. The highest BCUT2D eigenvalue weighted by atomic mass is 35.5. The van der Waals surface area contributed by atoms with Gasteiger partial charge in [-0.15, -0.1) is 0 Å². The molecule has 7 rings (SSSR count). The summed E-state index contributed by atoms with van der Waals surface area (Å²) in [6.45, 7) is 2.40. The van der Waals surface area contributed by atoms with Gasteiger partial charge in [-0.1, -0.05) is 30.1 Å². The molecule has 0 aliphatic carbocycles. The van der Waals surface area contributed by atoms with E-state index >= 15 is 0 Å². The Kier molecular flexibility index (Phi) is 7.27. The Bertz CT molecular complexity index is 1990. The first-order valence-electron chi connectivity index (χ1n) is 14.0. The average Bonchev–Trinajstić information content (AvgIpc) is 3.82. The van der Waals surface area contributed by atoms with Crippen LogP contribution in [-0.4, -0.2) is 26.8 Å². The van der Waals surface area contributed by atoms with Crippen molar-refractivity contribution < 1.29 is 18.0 Å². The van der Waals surface area contributed by atoms with Crippen LogP contribution in [-0.2, 0) is 17.9 Å². The van der Waals surface area contributed by atoms with Crippen LogP contribution in [0.4, 0.5) is 21.7 Å². The number of H-pyrrole nitrogens is 1. The maximum absolute atomic E-state index is 13.9. The Morgan fingerprint density at radius 1 is 1.00 bits per heavy atom. The van der Waals surface area contributed by atoms with E-state index < -0.39 is 6.04 Å². The third kappa shape index (κ3) is 5.52. The summed E-state index contributed by atoms with van der Waals surface area (Å²) in [6, 6.07) is 22.4. The fraction of sp³-hybridized carbons (Fsp3) is 0.152. The van der Waals surface area contributed by atoms with Crippen molar-refractivity contribution in [1.29, 1.82) is 0 Å². The minimum Gasteiger partial charge on any atom is -0.467 e. The van der Waals surface area contributed by atoms with Crippen molar-refractivity contribution in [1.82, 2.24) is 14.9 Å². The number of halogens is 3. The van der Waals surface area contributed by atoms with E-state index in [-0.39, 0.29) is 30.7 Å². The largest absolute Gasteiger partial charge is 0.467 e. The predicted octanol–water partition coefficient (Wildman–Crippen LogP) is 8.73. The molecule has 1 aliphatic heterocycles. The Labute approximate surface area is 261 Å². The van der Waals surface area contributed by atoms with Crippen LogP contribution >= 0.6 is 23.2 Å². The third-order valence-electron chi connectivity index (χ3n) is 7.78. The van der Waals surface area contributed by atoms with Gasteiger partial charge in [0.2, 0.25) is 11.9 Å². The molecular weight excluding hydrogens is 604 g/mol. The van der Waals surface area contributed by atoms with Crippen molar-refractivity contribution in [2.24, 2.45) is 0 Å². The molecule has 0 bridgehead atoms. The zero-order valence-corrected chi connectivity index (χ0v) is 24.9. The van der Waals surface area contributed by atoms with Crippen LogP contribution < -0.4 is 10.6 Å². The number of carbonyl (C=O) groups is 1. The number of furan rings is 2. The second kappa shape index (κ2) is 11.4. The Hall–Kier alpha value is -4.73. The molecule has 0 fully saturated rings. The molecule has 2 unspecified atom stereocenters. The number of fused-ring (bicyclic) bond motifs is 2. The van der Waals surface area contributed by atoms with Crippen LogP contribution in [0.2, 0.25) is 10.0 Å². The van der Waals surface area contributed by atoms with Gasteiger partial charge in [0, 0.05) is 22.9 Å². The number of benzene rings is 3. The van der Waals surface area contributed by atoms with Crippen molar-refractivity contribution in [2.45, 2.75) is 32.0 Å². The monoisotopic (exact) mass is 629 g/mol. The Balaban J connectivity index is 1.10. The van der Waals surface area contributed by atoms with Gasteiger partial charge in [0.25, 0.3) is 0 Å². The van der Waals surface area contributed by atoms with Crippen molar-refractivity contribution >= 4 is 57.5 Å². The predicted molar refractivity (Wildman–Crippen MR) is 169 cm³/mol. The van der Waals surface area contributed by atoms with Gasteiger partial charge >= 0.3 is 0 Å². The summed E-state index contributed by atoms with van der Waals surface area (Å²) in [5.41, 5.74) is 4.74. The molecule has 1 amide bonds. The van der Waals surface area contributed by atoms with Gasteiger partial charge in [-0.25, -0.2) is 9.37 Å². The summed E-state index contributed by atoms with van der Waals surface area (Å²) in [7, 11) is 0. The SMILES string of the molecule is CC1c2cc(F)ccc2NC1C(=O)N(Cc1ccco1)Cc1ccc(-c2ccc3nc(Nc4ccc(Cl)c(Cl)c4)[nH]c3c2)o1. The number of hydrogen-bond acceptors (Lipinski definition) is 6. The molecule has 0 saturated heterocycles. The molecule has 11 heteroatoms. The normalized spacial score (nSPS) is 15.7. The van der Waals surface area contributed by atoms with Gasteiger partial charge in [0.1, 0.15) is 29.1 Å². The molecule has 3 aromatic heterocycles. The molecule has 0 saturated carbocycles. The molecule has 222 valence electrons. The molecule has 8 nitrogen and oxygen atoms in total. The van der Waals surface area contributed by atoms with E-state index in [0.717, 1.165) is 33.5 Å². The Morgan fingerprint density at radius 3 is 2.68 bits per heavy atom. The van der Waals surface area contributed by atoms with E-state index in [4.69, 9.17) is 32.0 Å². The fourth-order valence-electron chi connectivity index (χ4n) is 5.53. The summed E-state index contributed by atoms with van der Waals surface area (Å²) >= 11 is 12.2. The zero-order chi connectivity index (χ0) is 30.4. The molecule has 1 aliphatic rings.